The Morgan fingerprint density at radius 3 is 2.65 bits per heavy atom. The van der Waals surface area contributed by atoms with Crippen molar-refractivity contribution in [2.75, 3.05) is 11.5 Å². The van der Waals surface area contributed by atoms with Crippen molar-refractivity contribution in [1.29, 1.82) is 0 Å². The Bertz CT molecular complexity index is 821. The summed E-state index contributed by atoms with van der Waals surface area (Å²) in [7, 11) is 0. The van der Waals surface area contributed by atoms with Crippen molar-refractivity contribution >= 4 is 50.1 Å². The summed E-state index contributed by atoms with van der Waals surface area (Å²) in [4.78, 5) is 12.8. The maximum atomic E-state index is 5.98. The molecule has 0 aliphatic rings. The van der Waals surface area contributed by atoms with Gasteiger partial charge in [0, 0.05) is 15.4 Å². The zero-order valence-electron chi connectivity index (χ0n) is 10.1. The smallest absolute Gasteiger partial charge is 0.162 e. The minimum atomic E-state index is 0.366. The molecule has 7 heteroatoms. The predicted molar refractivity (Wildman–Crippen MR) is 84.3 cm³/mol. The van der Waals surface area contributed by atoms with E-state index in [-0.39, 0.29) is 0 Å². The SMILES string of the molecule is Nc1cc2c(N)nc(-c3ccc(Cl)c(Br)c3)nc2cn1. The van der Waals surface area contributed by atoms with E-state index in [2.05, 4.69) is 30.9 Å². The van der Waals surface area contributed by atoms with E-state index < -0.39 is 0 Å². The van der Waals surface area contributed by atoms with E-state index >= 15 is 0 Å². The average Bonchev–Trinajstić information content (AvgIpc) is 2.42. The number of halogens is 2. The van der Waals surface area contributed by atoms with Crippen LogP contribution in [-0.4, -0.2) is 15.0 Å². The van der Waals surface area contributed by atoms with Crippen LogP contribution in [0.25, 0.3) is 22.3 Å². The van der Waals surface area contributed by atoms with Gasteiger partial charge in [0.25, 0.3) is 0 Å². The van der Waals surface area contributed by atoms with Gasteiger partial charge in [0.15, 0.2) is 5.82 Å². The van der Waals surface area contributed by atoms with E-state index in [1.165, 1.54) is 0 Å². The summed E-state index contributed by atoms with van der Waals surface area (Å²) in [5.74, 6) is 1.26. The fourth-order valence-electron chi connectivity index (χ4n) is 1.84. The highest BCUT2D eigenvalue weighted by Crippen LogP contribution is 2.29. The van der Waals surface area contributed by atoms with Crippen LogP contribution in [0.3, 0.4) is 0 Å². The van der Waals surface area contributed by atoms with Gasteiger partial charge in [-0.25, -0.2) is 15.0 Å². The molecule has 100 valence electrons. The van der Waals surface area contributed by atoms with Crippen molar-refractivity contribution in [1.82, 2.24) is 15.0 Å². The van der Waals surface area contributed by atoms with Crippen LogP contribution in [0.2, 0.25) is 5.02 Å². The van der Waals surface area contributed by atoms with Crippen molar-refractivity contribution in [3.05, 3.63) is 40.0 Å². The van der Waals surface area contributed by atoms with E-state index in [4.69, 9.17) is 23.1 Å². The molecule has 0 aliphatic heterocycles. The lowest BCUT2D eigenvalue weighted by Crippen LogP contribution is -2.00. The molecular formula is C13H9BrClN5. The van der Waals surface area contributed by atoms with Gasteiger partial charge in [-0.3, -0.25) is 0 Å². The lowest BCUT2D eigenvalue weighted by Gasteiger charge is -2.06. The minimum Gasteiger partial charge on any atom is -0.384 e. The first-order chi connectivity index (χ1) is 9.54. The van der Waals surface area contributed by atoms with Crippen LogP contribution < -0.4 is 11.5 Å². The average molecular weight is 351 g/mol. The molecule has 3 rings (SSSR count). The van der Waals surface area contributed by atoms with Crippen LogP contribution in [0.4, 0.5) is 11.6 Å². The highest BCUT2D eigenvalue weighted by Gasteiger charge is 2.09. The third-order valence-electron chi connectivity index (χ3n) is 2.81. The number of nitrogen functional groups attached to an aromatic ring is 2. The summed E-state index contributed by atoms with van der Waals surface area (Å²) in [6.07, 6.45) is 1.58. The fraction of sp³-hybridized carbons (Fsp3) is 0. The van der Waals surface area contributed by atoms with E-state index in [9.17, 15) is 0 Å². The van der Waals surface area contributed by atoms with E-state index in [0.717, 1.165) is 10.0 Å². The van der Waals surface area contributed by atoms with Gasteiger partial charge in [-0.2, -0.15) is 0 Å². The number of fused-ring (bicyclic) bond motifs is 1. The van der Waals surface area contributed by atoms with Gasteiger partial charge in [-0.05, 0) is 40.2 Å². The monoisotopic (exact) mass is 349 g/mol. The van der Waals surface area contributed by atoms with E-state index in [1.807, 2.05) is 12.1 Å². The van der Waals surface area contributed by atoms with Crippen molar-refractivity contribution < 1.29 is 0 Å². The van der Waals surface area contributed by atoms with Crippen molar-refractivity contribution in [3.63, 3.8) is 0 Å². The molecule has 2 heterocycles. The number of hydrogen-bond acceptors (Lipinski definition) is 5. The Hall–Kier alpha value is -1.92. The summed E-state index contributed by atoms with van der Waals surface area (Å²) >= 11 is 9.35. The molecule has 0 amide bonds. The fourth-order valence-corrected chi connectivity index (χ4v) is 2.33. The number of nitrogens with zero attached hydrogens (tertiary/aromatic N) is 3. The maximum absolute atomic E-state index is 5.98. The topological polar surface area (TPSA) is 90.7 Å². The molecule has 3 aromatic rings. The lowest BCUT2D eigenvalue weighted by molar-refractivity contribution is 1.22. The first-order valence-electron chi connectivity index (χ1n) is 5.69. The number of benzene rings is 1. The molecule has 0 spiro atoms. The van der Waals surface area contributed by atoms with E-state index in [1.54, 1.807) is 18.3 Å². The predicted octanol–water partition coefficient (Wildman–Crippen LogP) is 3.27. The Morgan fingerprint density at radius 1 is 1.10 bits per heavy atom. The van der Waals surface area contributed by atoms with Crippen LogP contribution in [-0.2, 0) is 0 Å². The van der Waals surface area contributed by atoms with Gasteiger partial charge in [0.05, 0.1) is 16.7 Å². The normalized spacial score (nSPS) is 10.9. The summed E-state index contributed by atoms with van der Waals surface area (Å²) in [5, 5.41) is 1.31. The molecule has 0 bridgehead atoms. The molecule has 0 aliphatic carbocycles. The third kappa shape index (κ3) is 2.28. The molecular weight excluding hydrogens is 342 g/mol. The highest BCUT2D eigenvalue weighted by atomic mass is 79.9. The largest absolute Gasteiger partial charge is 0.384 e. The number of anilines is 2. The van der Waals surface area contributed by atoms with Gasteiger partial charge in [-0.1, -0.05) is 11.6 Å². The molecule has 20 heavy (non-hydrogen) atoms. The van der Waals surface area contributed by atoms with Gasteiger partial charge in [0.2, 0.25) is 0 Å². The standard InChI is InChI=1S/C13H9BrClN5/c14-8-3-6(1-2-9(8)15)13-19-10-5-18-11(16)4-7(10)12(17)20-13/h1-5H,(H2,16,18)(H2,17,19,20). The van der Waals surface area contributed by atoms with Gasteiger partial charge < -0.3 is 11.5 Å². The number of nitrogens with two attached hydrogens (primary N) is 2. The number of pyridine rings is 1. The molecule has 1 aromatic carbocycles. The Morgan fingerprint density at radius 2 is 1.90 bits per heavy atom. The van der Waals surface area contributed by atoms with Crippen LogP contribution in [0.15, 0.2) is 34.9 Å². The van der Waals surface area contributed by atoms with Crippen LogP contribution in [0.5, 0.6) is 0 Å². The first-order valence-corrected chi connectivity index (χ1v) is 6.86. The summed E-state index contributed by atoms with van der Waals surface area (Å²) in [6, 6.07) is 7.10. The molecule has 0 saturated heterocycles. The van der Waals surface area contributed by atoms with Gasteiger partial charge in [-0.15, -0.1) is 0 Å². The number of hydrogen-bond donors (Lipinski definition) is 2. The molecule has 5 nitrogen and oxygen atoms in total. The van der Waals surface area contributed by atoms with Gasteiger partial charge in [0.1, 0.15) is 11.6 Å². The van der Waals surface area contributed by atoms with Crippen molar-refractivity contribution in [2.45, 2.75) is 0 Å². The Kier molecular flexibility index (Phi) is 3.19. The molecule has 2 aromatic heterocycles. The second-order valence-corrected chi connectivity index (χ2v) is 5.45. The van der Waals surface area contributed by atoms with Crippen molar-refractivity contribution in [3.8, 4) is 11.4 Å². The van der Waals surface area contributed by atoms with E-state index in [0.29, 0.717) is 33.4 Å². The number of rotatable bonds is 1. The zero-order valence-corrected chi connectivity index (χ0v) is 12.5. The first kappa shape index (κ1) is 13.1. The van der Waals surface area contributed by atoms with Crippen LogP contribution in [0.1, 0.15) is 0 Å². The molecule has 4 N–H and O–H groups in total. The lowest BCUT2D eigenvalue weighted by atomic mass is 10.2. The molecule has 0 radical (unpaired) electrons. The second-order valence-electron chi connectivity index (χ2n) is 4.19. The Balaban J connectivity index is 2.21. The third-order valence-corrected chi connectivity index (χ3v) is 4.02. The highest BCUT2D eigenvalue weighted by molar-refractivity contribution is 9.10. The van der Waals surface area contributed by atoms with Crippen LogP contribution >= 0.6 is 27.5 Å². The molecule has 0 saturated carbocycles. The van der Waals surface area contributed by atoms with Gasteiger partial charge >= 0.3 is 0 Å². The molecule has 0 atom stereocenters. The molecule has 0 unspecified atom stereocenters. The zero-order chi connectivity index (χ0) is 14.3. The maximum Gasteiger partial charge on any atom is 0.162 e. The summed E-state index contributed by atoms with van der Waals surface area (Å²) < 4.78 is 0.773. The van der Waals surface area contributed by atoms with Crippen LogP contribution in [0, 0.1) is 0 Å². The molecule has 0 fully saturated rings. The summed E-state index contributed by atoms with van der Waals surface area (Å²) in [6.45, 7) is 0. The quantitative estimate of drug-likeness (QED) is 0.703. The minimum absolute atomic E-state index is 0.366. The second kappa shape index (κ2) is 4.88. The Labute approximate surface area is 128 Å². The van der Waals surface area contributed by atoms with Crippen molar-refractivity contribution in [2.24, 2.45) is 0 Å². The summed E-state index contributed by atoms with van der Waals surface area (Å²) in [5.41, 5.74) is 13.1. The number of aromatic nitrogens is 3.